The number of carbonyl (C=O) groups excluding carboxylic acids is 2. The predicted molar refractivity (Wildman–Crippen MR) is 55.3 cm³/mol. The van der Waals surface area contributed by atoms with E-state index >= 15 is 0 Å². The quantitative estimate of drug-likeness (QED) is 0.648. The van der Waals surface area contributed by atoms with E-state index in [9.17, 15) is 9.59 Å². The maximum absolute atomic E-state index is 11.6. The molecule has 0 spiro atoms. The van der Waals surface area contributed by atoms with Crippen molar-refractivity contribution in [2.24, 2.45) is 0 Å². The minimum absolute atomic E-state index is 0.106. The number of hydrogen-bond acceptors (Lipinski definition) is 3. The van der Waals surface area contributed by atoms with Crippen LogP contribution in [0.25, 0.3) is 0 Å². The molecule has 0 bridgehead atoms. The number of carbonyl (C=O) groups is 2. The van der Waals surface area contributed by atoms with Crippen LogP contribution in [-0.4, -0.2) is 25.3 Å². The second-order valence-corrected chi connectivity index (χ2v) is 3.50. The molecule has 1 aliphatic heterocycles. The fourth-order valence-corrected chi connectivity index (χ4v) is 1.60. The summed E-state index contributed by atoms with van der Waals surface area (Å²) in [7, 11) is 1.68. The zero-order valence-corrected chi connectivity index (χ0v) is 8.56. The molecule has 15 heavy (non-hydrogen) atoms. The lowest BCUT2D eigenvalue weighted by Gasteiger charge is -2.30. The first-order chi connectivity index (χ1) is 7.13. The molecule has 1 amide bonds. The smallest absolute Gasteiger partial charge is 0.267 e. The average Bonchev–Trinajstić information content (AvgIpc) is 2.26. The zero-order valence-electron chi connectivity index (χ0n) is 8.56. The van der Waals surface area contributed by atoms with Crippen molar-refractivity contribution in [2.75, 3.05) is 11.9 Å². The number of benzene rings is 1. The zero-order chi connectivity index (χ0) is 11.0. The number of fused-ring (bicyclic) bond motifs is 1. The van der Waals surface area contributed by atoms with Crippen molar-refractivity contribution in [1.82, 2.24) is 0 Å². The van der Waals surface area contributed by atoms with Crippen LogP contribution in [0.15, 0.2) is 18.2 Å². The molecule has 4 nitrogen and oxygen atoms in total. The van der Waals surface area contributed by atoms with Crippen molar-refractivity contribution in [3.05, 3.63) is 23.8 Å². The summed E-state index contributed by atoms with van der Waals surface area (Å²) in [4.78, 5) is 23.7. The Hall–Kier alpha value is -1.84. The van der Waals surface area contributed by atoms with E-state index in [1.807, 2.05) is 0 Å². The van der Waals surface area contributed by atoms with Gasteiger partial charge >= 0.3 is 0 Å². The summed E-state index contributed by atoms with van der Waals surface area (Å²) >= 11 is 0. The summed E-state index contributed by atoms with van der Waals surface area (Å²) in [5, 5.41) is 0. The average molecular weight is 205 g/mol. The maximum atomic E-state index is 11.6. The van der Waals surface area contributed by atoms with E-state index in [4.69, 9.17) is 4.74 Å². The number of aldehydes is 1. The summed E-state index contributed by atoms with van der Waals surface area (Å²) in [5.41, 5.74) is 1.18. The van der Waals surface area contributed by atoms with Crippen LogP contribution in [0, 0.1) is 0 Å². The first-order valence-electron chi connectivity index (χ1n) is 4.67. The molecule has 2 rings (SSSR count). The number of amides is 1. The second-order valence-electron chi connectivity index (χ2n) is 3.50. The van der Waals surface area contributed by atoms with Crippen LogP contribution in [0.4, 0.5) is 5.69 Å². The fourth-order valence-electron chi connectivity index (χ4n) is 1.60. The van der Waals surface area contributed by atoms with Crippen molar-refractivity contribution in [3.8, 4) is 5.75 Å². The van der Waals surface area contributed by atoms with Crippen LogP contribution >= 0.6 is 0 Å². The number of ether oxygens (including phenoxy) is 1. The van der Waals surface area contributed by atoms with E-state index in [1.54, 1.807) is 32.2 Å². The second kappa shape index (κ2) is 3.38. The molecule has 1 aromatic carbocycles. The van der Waals surface area contributed by atoms with Crippen molar-refractivity contribution in [2.45, 2.75) is 13.0 Å². The number of anilines is 1. The SMILES string of the molecule is CC1Oc2ccc(C=O)cc2N(C)C1=O. The standard InChI is InChI=1S/C11H11NO3/c1-7-11(14)12(2)9-5-8(6-13)3-4-10(9)15-7/h3-7H,1-2H3. The van der Waals surface area contributed by atoms with E-state index in [1.165, 1.54) is 4.90 Å². The molecule has 1 aliphatic rings. The highest BCUT2D eigenvalue weighted by atomic mass is 16.5. The highest BCUT2D eigenvalue weighted by Gasteiger charge is 2.28. The van der Waals surface area contributed by atoms with Gasteiger partial charge in [0.15, 0.2) is 6.10 Å². The van der Waals surface area contributed by atoms with Gasteiger partial charge in [-0.1, -0.05) is 0 Å². The lowest BCUT2D eigenvalue weighted by molar-refractivity contribution is -0.125. The molecule has 78 valence electrons. The number of rotatable bonds is 1. The third-order valence-electron chi connectivity index (χ3n) is 2.46. The van der Waals surface area contributed by atoms with Gasteiger partial charge in [0.25, 0.3) is 5.91 Å². The van der Waals surface area contributed by atoms with Gasteiger partial charge in [0.05, 0.1) is 5.69 Å². The third-order valence-corrected chi connectivity index (χ3v) is 2.46. The van der Waals surface area contributed by atoms with Gasteiger partial charge < -0.3 is 9.64 Å². The number of hydrogen-bond donors (Lipinski definition) is 0. The van der Waals surface area contributed by atoms with Crippen LogP contribution in [0.2, 0.25) is 0 Å². The van der Waals surface area contributed by atoms with Gasteiger partial charge in [-0.05, 0) is 25.1 Å². The molecule has 0 N–H and O–H groups in total. The molecule has 1 aromatic rings. The largest absolute Gasteiger partial charge is 0.479 e. The van der Waals surface area contributed by atoms with Crippen LogP contribution in [-0.2, 0) is 4.79 Å². The highest BCUT2D eigenvalue weighted by Crippen LogP contribution is 2.33. The van der Waals surface area contributed by atoms with Crippen molar-refractivity contribution >= 4 is 17.9 Å². The molecule has 0 fully saturated rings. The minimum Gasteiger partial charge on any atom is -0.479 e. The van der Waals surface area contributed by atoms with Gasteiger partial charge in [-0.25, -0.2) is 0 Å². The Morgan fingerprint density at radius 3 is 2.87 bits per heavy atom. The molecule has 0 saturated carbocycles. The highest BCUT2D eigenvalue weighted by molar-refractivity contribution is 6.00. The van der Waals surface area contributed by atoms with Crippen LogP contribution in [0.1, 0.15) is 17.3 Å². The molecule has 0 aliphatic carbocycles. The molecule has 0 radical (unpaired) electrons. The molecular formula is C11H11NO3. The third kappa shape index (κ3) is 1.48. The van der Waals surface area contributed by atoms with Crippen molar-refractivity contribution in [1.29, 1.82) is 0 Å². The van der Waals surface area contributed by atoms with Gasteiger partial charge in [-0.2, -0.15) is 0 Å². The Labute approximate surface area is 87.4 Å². The van der Waals surface area contributed by atoms with Gasteiger partial charge in [-0.15, -0.1) is 0 Å². The van der Waals surface area contributed by atoms with Gasteiger partial charge in [0.2, 0.25) is 0 Å². The summed E-state index contributed by atoms with van der Waals surface area (Å²) in [5.74, 6) is 0.528. The molecule has 1 unspecified atom stereocenters. The predicted octanol–water partition coefficient (Wildman–Crippen LogP) is 1.24. The van der Waals surface area contributed by atoms with Crippen molar-refractivity contribution in [3.63, 3.8) is 0 Å². The van der Waals surface area contributed by atoms with E-state index in [2.05, 4.69) is 0 Å². The lowest BCUT2D eigenvalue weighted by atomic mass is 10.1. The summed E-state index contributed by atoms with van der Waals surface area (Å²) in [6.45, 7) is 1.70. The Bertz CT molecular complexity index is 428. The molecule has 1 atom stereocenters. The maximum Gasteiger partial charge on any atom is 0.267 e. The Balaban J connectivity index is 2.51. The first-order valence-corrected chi connectivity index (χ1v) is 4.67. The molecule has 0 aromatic heterocycles. The van der Waals surface area contributed by atoms with Gasteiger partial charge in [0.1, 0.15) is 12.0 Å². The van der Waals surface area contributed by atoms with E-state index < -0.39 is 6.10 Å². The summed E-state index contributed by atoms with van der Waals surface area (Å²) in [6.07, 6.45) is 0.279. The topological polar surface area (TPSA) is 46.6 Å². The van der Waals surface area contributed by atoms with Crippen LogP contribution in [0.5, 0.6) is 5.75 Å². The first kappa shape index (κ1) is 9.71. The van der Waals surface area contributed by atoms with Gasteiger partial charge in [0, 0.05) is 12.6 Å². The van der Waals surface area contributed by atoms with Crippen LogP contribution in [0.3, 0.4) is 0 Å². The molecule has 0 saturated heterocycles. The van der Waals surface area contributed by atoms with E-state index in [-0.39, 0.29) is 5.91 Å². The van der Waals surface area contributed by atoms with Crippen LogP contribution < -0.4 is 9.64 Å². The molecule has 1 heterocycles. The van der Waals surface area contributed by atoms with E-state index in [0.717, 1.165) is 6.29 Å². The number of likely N-dealkylation sites (N-methyl/N-ethyl adjacent to an activating group) is 1. The van der Waals surface area contributed by atoms with Crippen molar-refractivity contribution < 1.29 is 14.3 Å². The normalized spacial score (nSPS) is 19.5. The minimum atomic E-state index is -0.468. The monoisotopic (exact) mass is 205 g/mol. The number of nitrogens with zero attached hydrogens (tertiary/aromatic N) is 1. The Kier molecular flexibility index (Phi) is 2.19. The Morgan fingerprint density at radius 1 is 1.47 bits per heavy atom. The summed E-state index contributed by atoms with van der Waals surface area (Å²) in [6, 6.07) is 5.02. The lowest BCUT2D eigenvalue weighted by Crippen LogP contribution is -2.41. The van der Waals surface area contributed by atoms with Gasteiger partial charge in [-0.3, -0.25) is 9.59 Å². The van der Waals surface area contributed by atoms with E-state index in [0.29, 0.717) is 17.0 Å². The molecule has 4 heteroatoms. The Morgan fingerprint density at radius 2 is 2.20 bits per heavy atom. The summed E-state index contributed by atoms with van der Waals surface area (Å²) < 4.78 is 5.41. The molecular weight excluding hydrogens is 194 g/mol. The fraction of sp³-hybridized carbons (Fsp3) is 0.273.